The summed E-state index contributed by atoms with van der Waals surface area (Å²) in [7, 11) is 1.80. The van der Waals surface area contributed by atoms with Crippen molar-refractivity contribution in [2.45, 2.75) is 25.0 Å². The summed E-state index contributed by atoms with van der Waals surface area (Å²) < 4.78 is 19.0. The number of aromatic nitrogens is 1. The van der Waals surface area contributed by atoms with E-state index in [9.17, 15) is 14.0 Å². The standard InChI is InChI=1S/C18H20FN3O3/c1-21-15-4-6-22(7-5-16(15)25-10-17(21)23)18(24)14-9-11-8-12(19)2-3-13(11)20-14/h2-3,8-9,15-16,20H,4-7,10H2,1H3/t15-,16-/m0/s1. The lowest BCUT2D eigenvalue weighted by atomic mass is 10.0. The van der Waals surface area contributed by atoms with Crippen LogP contribution >= 0.6 is 0 Å². The van der Waals surface area contributed by atoms with E-state index in [4.69, 9.17) is 4.74 Å². The van der Waals surface area contributed by atoms with Crippen LogP contribution in [0.25, 0.3) is 10.9 Å². The van der Waals surface area contributed by atoms with Crippen LogP contribution in [0.15, 0.2) is 24.3 Å². The third kappa shape index (κ3) is 2.89. The van der Waals surface area contributed by atoms with E-state index in [2.05, 4.69) is 4.98 Å². The second-order valence-corrected chi connectivity index (χ2v) is 6.71. The second kappa shape index (κ2) is 6.15. The van der Waals surface area contributed by atoms with Crippen LogP contribution < -0.4 is 0 Å². The first-order valence-electron chi connectivity index (χ1n) is 8.48. The maximum absolute atomic E-state index is 13.3. The highest BCUT2D eigenvalue weighted by atomic mass is 19.1. The Bertz CT molecular complexity index is 834. The summed E-state index contributed by atoms with van der Waals surface area (Å²) >= 11 is 0. The monoisotopic (exact) mass is 345 g/mol. The van der Waals surface area contributed by atoms with Crippen molar-refractivity contribution in [2.75, 3.05) is 26.7 Å². The number of fused-ring (bicyclic) bond motifs is 2. The molecule has 2 atom stereocenters. The zero-order valence-corrected chi connectivity index (χ0v) is 14.0. The number of rotatable bonds is 1. The van der Waals surface area contributed by atoms with Crippen LogP contribution in [0.3, 0.4) is 0 Å². The molecule has 7 heteroatoms. The summed E-state index contributed by atoms with van der Waals surface area (Å²) in [6, 6.07) is 6.11. The maximum atomic E-state index is 13.3. The number of hydrogen-bond donors (Lipinski definition) is 1. The quantitative estimate of drug-likeness (QED) is 0.857. The Kier molecular flexibility index (Phi) is 3.95. The molecule has 2 aliphatic heterocycles. The Hall–Kier alpha value is -2.41. The van der Waals surface area contributed by atoms with Crippen LogP contribution in [-0.2, 0) is 9.53 Å². The number of H-pyrrole nitrogens is 1. The van der Waals surface area contributed by atoms with Crippen molar-refractivity contribution in [3.63, 3.8) is 0 Å². The first kappa shape index (κ1) is 16.1. The largest absolute Gasteiger partial charge is 0.366 e. The number of nitrogens with zero attached hydrogens (tertiary/aromatic N) is 2. The van der Waals surface area contributed by atoms with Gasteiger partial charge in [0.25, 0.3) is 5.91 Å². The van der Waals surface area contributed by atoms with Crippen LogP contribution in [0.1, 0.15) is 23.3 Å². The Balaban J connectivity index is 1.53. The average Bonchev–Trinajstić information content (AvgIpc) is 2.89. The summed E-state index contributed by atoms with van der Waals surface area (Å²) in [6.07, 6.45) is 1.36. The second-order valence-electron chi connectivity index (χ2n) is 6.71. The lowest BCUT2D eigenvalue weighted by Crippen LogP contribution is -2.52. The van der Waals surface area contributed by atoms with Crippen LogP contribution in [0.4, 0.5) is 4.39 Å². The van der Waals surface area contributed by atoms with E-state index < -0.39 is 0 Å². The molecule has 6 nitrogen and oxygen atoms in total. The molecule has 2 aromatic rings. The van der Waals surface area contributed by atoms with Crippen molar-refractivity contribution in [3.05, 3.63) is 35.8 Å². The van der Waals surface area contributed by atoms with E-state index in [-0.39, 0.29) is 36.4 Å². The molecule has 1 aromatic heterocycles. The highest BCUT2D eigenvalue weighted by Gasteiger charge is 2.37. The number of aromatic amines is 1. The number of hydrogen-bond acceptors (Lipinski definition) is 3. The molecule has 0 saturated carbocycles. The lowest BCUT2D eigenvalue weighted by molar-refractivity contribution is -0.154. The van der Waals surface area contributed by atoms with Crippen molar-refractivity contribution in [3.8, 4) is 0 Å². The number of likely N-dealkylation sites (N-methyl/N-ethyl adjacent to an activating group) is 1. The molecule has 2 amide bonds. The predicted octanol–water partition coefficient (Wildman–Crippen LogP) is 1.77. The topological polar surface area (TPSA) is 65.6 Å². The number of carbonyl (C=O) groups is 2. The third-order valence-electron chi connectivity index (χ3n) is 5.22. The van der Waals surface area contributed by atoms with Crippen molar-refractivity contribution in [1.29, 1.82) is 0 Å². The molecule has 25 heavy (non-hydrogen) atoms. The first-order valence-corrected chi connectivity index (χ1v) is 8.48. The molecule has 0 unspecified atom stereocenters. The van der Waals surface area contributed by atoms with Crippen LogP contribution in [0.5, 0.6) is 0 Å². The minimum Gasteiger partial charge on any atom is -0.366 e. The SMILES string of the molecule is CN1C(=O)CO[C@H]2CCN(C(=O)c3cc4cc(F)ccc4[nH]3)CC[C@@H]21. The molecule has 0 radical (unpaired) electrons. The zero-order chi connectivity index (χ0) is 17.6. The van der Waals surface area contributed by atoms with E-state index in [1.54, 1.807) is 29.0 Å². The van der Waals surface area contributed by atoms with Gasteiger partial charge in [0.15, 0.2) is 0 Å². The molecule has 4 rings (SSSR count). The van der Waals surface area contributed by atoms with Gasteiger partial charge < -0.3 is 19.5 Å². The molecule has 2 saturated heterocycles. The number of carbonyl (C=O) groups excluding carboxylic acids is 2. The van der Waals surface area contributed by atoms with E-state index >= 15 is 0 Å². The zero-order valence-electron chi connectivity index (χ0n) is 14.0. The van der Waals surface area contributed by atoms with Crippen molar-refractivity contribution in [1.82, 2.24) is 14.8 Å². The number of halogens is 1. The molecule has 1 aromatic carbocycles. The molecule has 3 heterocycles. The lowest BCUT2D eigenvalue weighted by Gasteiger charge is -2.37. The predicted molar refractivity (Wildman–Crippen MR) is 89.7 cm³/mol. The number of nitrogens with one attached hydrogen (secondary N) is 1. The molecular weight excluding hydrogens is 325 g/mol. The fourth-order valence-electron chi connectivity index (χ4n) is 3.76. The number of amides is 2. The van der Waals surface area contributed by atoms with Crippen molar-refractivity contribution >= 4 is 22.7 Å². The highest BCUT2D eigenvalue weighted by Crippen LogP contribution is 2.25. The first-order chi connectivity index (χ1) is 12.0. The normalized spacial score (nSPS) is 24.3. The molecule has 1 N–H and O–H groups in total. The molecular formula is C18H20FN3O3. The van der Waals surface area contributed by atoms with E-state index in [1.807, 2.05) is 0 Å². The third-order valence-corrected chi connectivity index (χ3v) is 5.22. The molecule has 0 bridgehead atoms. The summed E-state index contributed by atoms with van der Waals surface area (Å²) in [5.41, 5.74) is 1.19. The van der Waals surface area contributed by atoms with E-state index in [1.165, 1.54) is 12.1 Å². The van der Waals surface area contributed by atoms with Gasteiger partial charge >= 0.3 is 0 Å². The summed E-state index contributed by atoms with van der Waals surface area (Å²) in [4.78, 5) is 31.2. The van der Waals surface area contributed by atoms with Gasteiger partial charge in [0.05, 0.1) is 12.1 Å². The van der Waals surface area contributed by atoms with Crippen molar-refractivity contribution < 1.29 is 18.7 Å². The molecule has 0 aliphatic carbocycles. The fourth-order valence-corrected chi connectivity index (χ4v) is 3.76. The maximum Gasteiger partial charge on any atom is 0.270 e. The van der Waals surface area contributed by atoms with E-state index in [0.717, 1.165) is 5.52 Å². The van der Waals surface area contributed by atoms with Gasteiger partial charge in [0, 0.05) is 31.0 Å². The molecule has 0 spiro atoms. The Morgan fingerprint density at radius 1 is 1.28 bits per heavy atom. The van der Waals surface area contributed by atoms with Gasteiger partial charge in [-0.15, -0.1) is 0 Å². The minimum atomic E-state index is -0.325. The average molecular weight is 345 g/mol. The number of benzene rings is 1. The van der Waals surface area contributed by atoms with Crippen LogP contribution in [0.2, 0.25) is 0 Å². The van der Waals surface area contributed by atoms with Crippen LogP contribution in [0, 0.1) is 5.82 Å². The molecule has 132 valence electrons. The Morgan fingerprint density at radius 3 is 2.92 bits per heavy atom. The summed E-state index contributed by atoms with van der Waals surface area (Å²) in [6.45, 7) is 1.25. The van der Waals surface area contributed by atoms with Crippen LogP contribution in [-0.4, -0.2) is 65.5 Å². The van der Waals surface area contributed by atoms with Gasteiger partial charge in [-0.1, -0.05) is 0 Å². The summed E-state index contributed by atoms with van der Waals surface area (Å²) in [5.74, 6) is -0.447. The van der Waals surface area contributed by atoms with Gasteiger partial charge in [-0.3, -0.25) is 9.59 Å². The van der Waals surface area contributed by atoms with Gasteiger partial charge in [-0.2, -0.15) is 0 Å². The minimum absolute atomic E-state index is 0.0101. The number of morpholine rings is 1. The fraction of sp³-hybridized carbons (Fsp3) is 0.444. The Labute approximate surface area is 144 Å². The molecule has 2 fully saturated rings. The van der Waals surface area contributed by atoms with Gasteiger partial charge in [0.1, 0.15) is 18.1 Å². The number of likely N-dealkylation sites (tertiary alicyclic amines) is 1. The van der Waals surface area contributed by atoms with E-state index in [0.29, 0.717) is 37.0 Å². The highest BCUT2D eigenvalue weighted by molar-refractivity contribution is 5.98. The smallest absolute Gasteiger partial charge is 0.270 e. The van der Waals surface area contributed by atoms with Gasteiger partial charge in [-0.05, 0) is 37.1 Å². The molecule has 2 aliphatic rings. The van der Waals surface area contributed by atoms with Crippen molar-refractivity contribution in [2.24, 2.45) is 0 Å². The summed E-state index contributed by atoms with van der Waals surface area (Å²) in [5, 5.41) is 0.681. The van der Waals surface area contributed by atoms with Gasteiger partial charge in [0.2, 0.25) is 5.91 Å². The number of ether oxygens (including phenoxy) is 1. The van der Waals surface area contributed by atoms with Gasteiger partial charge in [-0.25, -0.2) is 4.39 Å². The Morgan fingerprint density at radius 2 is 2.08 bits per heavy atom.